The van der Waals surface area contributed by atoms with Gasteiger partial charge in [0.1, 0.15) is 10.8 Å². The van der Waals surface area contributed by atoms with Crippen molar-refractivity contribution in [3.63, 3.8) is 0 Å². The first-order valence-corrected chi connectivity index (χ1v) is 11.6. The summed E-state index contributed by atoms with van der Waals surface area (Å²) >= 11 is 13.5. The standard InChI is InChI=1S/C21H26Cl2N4O3S/c1-24-5-8-29-10-11-30-9-7-27-6-4-16(13-27)20(28)25-19-14-31-21(26-19)15-2-3-17(22)18(23)12-15/h2-4,12,14,24H,5-11,13H2,1H3,(H,25,28). The number of carbonyl (C=O) groups is 1. The van der Waals surface area contributed by atoms with E-state index in [9.17, 15) is 4.79 Å². The van der Waals surface area contributed by atoms with Crippen molar-refractivity contribution in [3.05, 3.63) is 45.3 Å². The zero-order valence-electron chi connectivity index (χ0n) is 17.3. The molecule has 1 aromatic carbocycles. The van der Waals surface area contributed by atoms with Crippen LogP contribution in [0.15, 0.2) is 35.2 Å². The molecular formula is C21H26Cl2N4O3S. The number of hydrogen-bond acceptors (Lipinski definition) is 7. The molecule has 0 saturated heterocycles. The van der Waals surface area contributed by atoms with Crippen LogP contribution in [0.3, 0.4) is 0 Å². The van der Waals surface area contributed by atoms with Gasteiger partial charge in [0.15, 0.2) is 0 Å². The fourth-order valence-electron chi connectivity index (χ4n) is 2.92. The largest absolute Gasteiger partial charge is 0.378 e. The van der Waals surface area contributed by atoms with Gasteiger partial charge in [-0.15, -0.1) is 11.3 Å². The molecule has 2 aromatic rings. The molecule has 0 spiro atoms. The molecule has 1 aliphatic heterocycles. The number of hydrogen-bond donors (Lipinski definition) is 2. The van der Waals surface area contributed by atoms with E-state index in [2.05, 4.69) is 20.5 Å². The van der Waals surface area contributed by atoms with E-state index in [-0.39, 0.29) is 5.91 Å². The Hall–Kier alpha value is -1.52. The number of halogens is 2. The van der Waals surface area contributed by atoms with Gasteiger partial charge < -0.3 is 20.1 Å². The molecular weight excluding hydrogens is 459 g/mol. The Morgan fingerprint density at radius 3 is 2.77 bits per heavy atom. The molecule has 1 amide bonds. The van der Waals surface area contributed by atoms with E-state index < -0.39 is 0 Å². The molecule has 0 fully saturated rings. The van der Waals surface area contributed by atoms with Gasteiger partial charge in [0.25, 0.3) is 5.91 Å². The number of carbonyl (C=O) groups excluding carboxylic acids is 1. The van der Waals surface area contributed by atoms with Gasteiger partial charge in [-0.25, -0.2) is 4.98 Å². The molecule has 0 aliphatic carbocycles. The number of nitrogens with one attached hydrogen (secondary N) is 2. The second-order valence-electron chi connectivity index (χ2n) is 6.91. The molecule has 1 aliphatic rings. The first-order chi connectivity index (χ1) is 15.1. The normalized spacial score (nSPS) is 14.1. The maximum Gasteiger partial charge on any atom is 0.253 e. The van der Waals surface area contributed by atoms with Crippen molar-refractivity contribution in [2.24, 2.45) is 0 Å². The van der Waals surface area contributed by atoms with Gasteiger partial charge in [-0.1, -0.05) is 35.3 Å². The van der Waals surface area contributed by atoms with Crippen molar-refractivity contribution in [1.29, 1.82) is 0 Å². The van der Waals surface area contributed by atoms with Crippen LogP contribution in [-0.4, -0.2) is 75.4 Å². The molecule has 0 radical (unpaired) electrons. The quantitative estimate of drug-likeness (QED) is 0.448. The molecule has 2 N–H and O–H groups in total. The summed E-state index contributed by atoms with van der Waals surface area (Å²) < 4.78 is 11.0. The lowest BCUT2D eigenvalue weighted by atomic mass is 10.2. The van der Waals surface area contributed by atoms with Crippen LogP contribution in [0, 0.1) is 0 Å². The van der Waals surface area contributed by atoms with Gasteiger partial charge in [0, 0.05) is 42.7 Å². The van der Waals surface area contributed by atoms with E-state index in [0.29, 0.717) is 48.8 Å². The number of likely N-dealkylation sites (N-methyl/N-ethyl adjacent to an activating group) is 1. The highest BCUT2D eigenvalue weighted by Gasteiger charge is 2.20. The fourth-order valence-corrected chi connectivity index (χ4v) is 3.97. The molecule has 168 valence electrons. The lowest BCUT2D eigenvalue weighted by molar-refractivity contribution is -0.113. The SMILES string of the molecule is CNCCOCCOCCN1CC=C(C(=O)Nc2csc(-c3ccc(Cl)c(Cl)c3)n2)C1. The maximum absolute atomic E-state index is 12.6. The molecule has 1 aromatic heterocycles. The zero-order valence-corrected chi connectivity index (χ0v) is 19.7. The second kappa shape index (κ2) is 12.5. The van der Waals surface area contributed by atoms with Gasteiger partial charge >= 0.3 is 0 Å². The van der Waals surface area contributed by atoms with Gasteiger partial charge in [-0.05, 0) is 19.2 Å². The summed E-state index contributed by atoms with van der Waals surface area (Å²) in [6.45, 7) is 5.38. The summed E-state index contributed by atoms with van der Waals surface area (Å²) in [5.41, 5.74) is 1.60. The molecule has 0 unspecified atom stereocenters. The van der Waals surface area contributed by atoms with Crippen LogP contribution in [0.1, 0.15) is 0 Å². The fraction of sp³-hybridized carbons (Fsp3) is 0.429. The molecule has 7 nitrogen and oxygen atoms in total. The average molecular weight is 485 g/mol. The van der Waals surface area contributed by atoms with Crippen LogP contribution >= 0.6 is 34.5 Å². The van der Waals surface area contributed by atoms with E-state index in [4.69, 9.17) is 32.7 Å². The Kier molecular flexibility index (Phi) is 9.73. The predicted molar refractivity (Wildman–Crippen MR) is 126 cm³/mol. The number of amides is 1. The maximum atomic E-state index is 12.6. The predicted octanol–water partition coefficient (Wildman–Crippen LogP) is 3.55. The highest BCUT2D eigenvalue weighted by Crippen LogP contribution is 2.31. The van der Waals surface area contributed by atoms with Crippen LogP contribution in [0.2, 0.25) is 10.0 Å². The highest BCUT2D eigenvalue weighted by atomic mass is 35.5. The molecule has 2 heterocycles. The Balaban J connectivity index is 1.38. The monoisotopic (exact) mass is 484 g/mol. The zero-order chi connectivity index (χ0) is 22.1. The minimum absolute atomic E-state index is 0.132. The average Bonchev–Trinajstić information content (AvgIpc) is 3.42. The number of nitrogens with zero attached hydrogens (tertiary/aromatic N) is 2. The van der Waals surface area contributed by atoms with Crippen LogP contribution in [0.4, 0.5) is 5.82 Å². The van der Waals surface area contributed by atoms with Crippen molar-refractivity contribution >= 4 is 46.3 Å². The lowest BCUT2D eigenvalue weighted by Crippen LogP contribution is -2.28. The number of ether oxygens (including phenoxy) is 2. The van der Waals surface area contributed by atoms with Gasteiger partial charge in [0.2, 0.25) is 0 Å². The summed E-state index contributed by atoms with van der Waals surface area (Å²) in [5.74, 6) is 0.393. The summed E-state index contributed by atoms with van der Waals surface area (Å²) in [7, 11) is 1.89. The van der Waals surface area contributed by atoms with Crippen LogP contribution in [-0.2, 0) is 14.3 Å². The lowest BCUT2D eigenvalue weighted by Gasteiger charge is -2.15. The third-order valence-corrected chi connectivity index (χ3v) is 6.24. The van der Waals surface area contributed by atoms with E-state index in [1.165, 1.54) is 11.3 Å². The summed E-state index contributed by atoms with van der Waals surface area (Å²) in [5, 5.41) is 9.45. The second-order valence-corrected chi connectivity index (χ2v) is 8.59. The van der Waals surface area contributed by atoms with E-state index >= 15 is 0 Å². The third-order valence-electron chi connectivity index (χ3n) is 4.61. The van der Waals surface area contributed by atoms with Crippen molar-refractivity contribution in [2.45, 2.75) is 0 Å². The van der Waals surface area contributed by atoms with Crippen molar-refractivity contribution in [2.75, 3.05) is 65.0 Å². The number of benzene rings is 1. The Labute approximate surface area is 196 Å². The Morgan fingerprint density at radius 1 is 1.19 bits per heavy atom. The molecule has 3 rings (SSSR count). The summed E-state index contributed by atoms with van der Waals surface area (Å²) in [6.07, 6.45) is 1.95. The first kappa shape index (κ1) is 24.1. The van der Waals surface area contributed by atoms with Crippen LogP contribution in [0.5, 0.6) is 0 Å². The van der Waals surface area contributed by atoms with Gasteiger partial charge in [0.05, 0.1) is 36.5 Å². The molecule has 10 heteroatoms. The summed E-state index contributed by atoms with van der Waals surface area (Å²) in [4.78, 5) is 19.2. The van der Waals surface area contributed by atoms with Crippen molar-refractivity contribution < 1.29 is 14.3 Å². The highest BCUT2D eigenvalue weighted by molar-refractivity contribution is 7.13. The number of aromatic nitrogens is 1. The smallest absolute Gasteiger partial charge is 0.253 e. The van der Waals surface area contributed by atoms with Crippen LogP contribution < -0.4 is 10.6 Å². The van der Waals surface area contributed by atoms with Crippen molar-refractivity contribution in [1.82, 2.24) is 15.2 Å². The van der Waals surface area contributed by atoms with Gasteiger partial charge in [-0.3, -0.25) is 9.69 Å². The molecule has 0 saturated carbocycles. The number of thiazole rings is 1. The number of anilines is 1. The Bertz CT molecular complexity index is 907. The minimum Gasteiger partial charge on any atom is -0.378 e. The number of rotatable bonds is 12. The van der Waals surface area contributed by atoms with E-state index in [0.717, 1.165) is 35.8 Å². The van der Waals surface area contributed by atoms with E-state index in [1.807, 2.05) is 24.6 Å². The van der Waals surface area contributed by atoms with Gasteiger partial charge in [-0.2, -0.15) is 0 Å². The molecule has 31 heavy (non-hydrogen) atoms. The Morgan fingerprint density at radius 2 is 2.00 bits per heavy atom. The first-order valence-electron chi connectivity index (χ1n) is 10.0. The van der Waals surface area contributed by atoms with Crippen LogP contribution in [0.25, 0.3) is 10.6 Å². The minimum atomic E-state index is -0.132. The third kappa shape index (κ3) is 7.54. The summed E-state index contributed by atoms with van der Waals surface area (Å²) in [6, 6.07) is 5.35. The van der Waals surface area contributed by atoms with E-state index in [1.54, 1.807) is 12.1 Å². The van der Waals surface area contributed by atoms with Crippen molar-refractivity contribution in [3.8, 4) is 10.6 Å². The molecule has 0 atom stereocenters. The molecule has 0 bridgehead atoms. The topological polar surface area (TPSA) is 75.7 Å².